The van der Waals surface area contributed by atoms with Crippen LogP contribution in [0.4, 0.5) is 5.69 Å². The Bertz CT molecular complexity index is 1450. The van der Waals surface area contributed by atoms with Gasteiger partial charge in [-0.2, -0.15) is 0 Å². The number of likely N-dealkylation sites (N-methyl/N-ethyl adjacent to an activating group) is 1. The van der Waals surface area contributed by atoms with E-state index in [0.717, 1.165) is 16.5 Å². The lowest BCUT2D eigenvalue weighted by atomic mass is 10.1. The molecule has 2 aliphatic heterocycles. The fourth-order valence-electron chi connectivity index (χ4n) is 4.40. The van der Waals surface area contributed by atoms with Crippen molar-refractivity contribution in [2.75, 3.05) is 40.0 Å². The van der Waals surface area contributed by atoms with Crippen molar-refractivity contribution in [1.29, 1.82) is 0 Å². The van der Waals surface area contributed by atoms with Crippen LogP contribution in [0.5, 0.6) is 0 Å². The molecule has 10 heteroatoms. The zero-order chi connectivity index (χ0) is 26.6. The topological polar surface area (TPSA) is 93.4 Å². The summed E-state index contributed by atoms with van der Waals surface area (Å²) in [7, 11) is 1.68. The first-order valence-electron chi connectivity index (χ1n) is 12.4. The highest BCUT2D eigenvalue weighted by Crippen LogP contribution is 2.35. The third kappa shape index (κ3) is 5.36. The number of ether oxygens (including phenoxy) is 2. The van der Waals surface area contributed by atoms with E-state index in [2.05, 4.69) is 4.99 Å². The summed E-state index contributed by atoms with van der Waals surface area (Å²) in [6.07, 6.45) is 3.76. The van der Waals surface area contributed by atoms with Gasteiger partial charge in [0.15, 0.2) is 5.17 Å². The number of nitrogens with zero attached hydrogens (tertiary/aromatic N) is 4. The van der Waals surface area contributed by atoms with E-state index in [0.29, 0.717) is 47.6 Å². The molecular formula is C28H28N4O5S. The third-order valence-electron chi connectivity index (χ3n) is 6.36. The summed E-state index contributed by atoms with van der Waals surface area (Å²) in [5.74, 6) is -0.544. The molecule has 3 aromatic rings. The van der Waals surface area contributed by atoms with Crippen molar-refractivity contribution >= 4 is 57.4 Å². The predicted molar refractivity (Wildman–Crippen MR) is 147 cm³/mol. The lowest BCUT2D eigenvalue weighted by Crippen LogP contribution is -2.42. The summed E-state index contributed by atoms with van der Waals surface area (Å²) in [6.45, 7) is 4.56. The van der Waals surface area contributed by atoms with Crippen molar-refractivity contribution in [3.63, 3.8) is 0 Å². The molecule has 2 aromatic carbocycles. The molecule has 9 nitrogen and oxygen atoms in total. The van der Waals surface area contributed by atoms with E-state index in [1.165, 1.54) is 16.7 Å². The number of morpholine rings is 1. The minimum Gasteiger partial charge on any atom is -0.462 e. The molecule has 0 aliphatic carbocycles. The smallest absolute Gasteiger partial charge is 0.338 e. The molecule has 1 aromatic heterocycles. The molecule has 5 rings (SSSR count). The number of carbonyl (C=O) groups excluding carboxylic acids is 3. The largest absolute Gasteiger partial charge is 0.462 e. The molecule has 196 valence electrons. The molecule has 38 heavy (non-hydrogen) atoms. The van der Waals surface area contributed by atoms with E-state index in [9.17, 15) is 14.4 Å². The van der Waals surface area contributed by atoms with Crippen LogP contribution in [0, 0.1) is 0 Å². The SMILES string of the molecule is CCOC(=O)c1cccc(N=C2SC(=Cc3cn(CC(=O)N4CCOCC4)c4ccccc34)C(=O)N2C)c1. The standard InChI is InChI=1S/C28H28N4O5S/c1-3-37-27(35)19-7-6-8-21(15-19)29-28-30(2)26(34)24(38-28)16-20-17-32(23-10-5-4-9-22(20)23)18-25(33)31-11-13-36-14-12-31/h4-10,15-17H,3,11-14,18H2,1-2H3. The molecule has 0 bridgehead atoms. The predicted octanol–water partition coefficient (Wildman–Crippen LogP) is 3.91. The normalized spacial score (nSPS) is 18.1. The minimum atomic E-state index is -0.415. The molecule has 3 heterocycles. The van der Waals surface area contributed by atoms with Gasteiger partial charge in [0.1, 0.15) is 6.54 Å². The molecule has 2 fully saturated rings. The molecule has 0 spiro atoms. The van der Waals surface area contributed by atoms with Crippen LogP contribution in [0.3, 0.4) is 0 Å². The highest BCUT2D eigenvalue weighted by atomic mass is 32.2. The summed E-state index contributed by atoms with van der Waals surface area (Å²) in [6, 6.07) is 14.7. The molecule has 0 saturated carbocycles. The van der Waals surface area contributed by atoms with Crippen LogP contribution >= 0.6 is 11.8 Å². The number of rotatable bonds is 6. The van der Waals surface area contributed by atoms with E-state index in [1.54, 1.807) is 38.2 Å². The van der Waals surface area contributed by atoms with Gasteiger partial charge in [-0.05, 0) is 49.0 Å². The number of esters is 1. The van der Waals surface area contributed by atoms with Gasteiger partial charge >= 0.3 is 5.97 Å². The number of thioether (sulfide) groups is 1. The molecular weight excluding hydrogens is 504 g/mol. The highest BCUT2D eigenvalue weighted by molar-refractivity contribution is 8.18. The summed E-state index contributed by atoms with van der Waals surface area (Å²) in [4.78, 5) is 46.5. The zero-order valence-electron chi connectivity index (χ0n) is 21.3. The second-order valence-electron chi connectivity index (χ2n) is 8.86. The number of aromatic nitrogens is 1. The molecule has 2 aliphatic rings. The summed E-state index contributed by atoms with van der Waals surface area (Å²) < 4.78 is 12.4. The van der Waals surface area contributed by atoms with Crippen LogP contribution < -0.4 is 0 Å². The van der Waals surface area contributed by atoms with Crippen molar-refractivity contribution in [3.8, 4) is 0 Å². The monoisotopic (exact) mass is 532 g/mol. The van der Waals surface area contributed by atoms with Gasteiger partial charge in [0.25, 0.3) is 5.91 Å². The van der Waals surface area contributed by atoms with Gasteiger partial charge < -0.3 is 18.9 Å². The number of amidine groups is 1. The van der Waals surface area contributed by atoms with E-state index in [-0.39, 0.29) is 25.0 Å². The number of amides is 2. The van der Waals surface area contributed by atoms with Crippen LogP contribution in [0.15, 0.2) is 64.6 Å². The number of para-hydroxylation sites is 1. The van der Waals surface area contributed by atoms with Crippen molar-refractivity contribution < 1.29 is 23.9 Å². The summed E-state index contributed by atoms with van der Waals surface area (Å²) in [5, 5.41) is 1.46. The van der Waals surface area contributed by atoms with Gasteiger partial charge in [-0.1, -0.05) is 24.3 Å². The Kier molecular flexibility index (Phi) is 7.62. The Morgan fingerprint density at radius 1 is 1.13 bits per heavy atom. The summed E-state index contributed by atoms with van der Waals surface area (Å²) in [5.41, 5.74) is 2.73. The maximum absolute atomic E-state index is 13.1. The van der Waals surface area contributed by atoms with Gasteiger partial charge in [-0.25, -0.2) is 9.79 Å². The van der Waals surface area contributed by atoms with E-state index in [4.69, 9.17) is 9.47 Å². The fraction of sp³-hybridized carbons (Fsp3) is 0.286. The fourth-order valence-corrected chi connectivity index (χ4v) is 5.38. The van der Waals surface area contributed by atoms with Crippen LogP contribution in [0.1, 0.15) is 22.8 Å². The molecule has 0 radical (unpaired) electrons. The Labute approximate surface area is 224 Å². The van der Waals surface area contributed by atoms with Crippen LogP contribution in [0.2, 0.25) is 0 Å². The number of benzene rings is 2. The Morgan fingerprint density at radius 2 is 1.92 bits per heavy atom. The average Bonchev–Trinajstić information content (AvgIpc) is 3.41. The number of hydrogen-bond acceptors (Lipinski definition) is 7. The second-order valence-corrected chi connectivity index (χ2v) is 9.87. The van der Waals surface area contributed by atoms with Crippen LogP contribution in [-0.2, 0) is 25.6 Å². The first kappa shape index (κ1) is 25.7. The number of carbonyl (C=O) groups is 3. The van der Waals surface area contributed by atoms with Crippen LogP contribution in [-0.4, -0.2) is 77.3 Å². The molecule has 0 atom stereocenters. The molecule has 2 amide bonds. The molecule has 0 unspecified atom stereocenters. The maximum Gasteiger partial charge on any atom is 0.338 e. The first-order valence-corrected chi connectivity index (χ1v) is 13.2. The Hall–Kier alpha value is -3.89. The van der Waals surface area contributed by atoms with E-state index < -0.39 is 5.97 Å². The quantitative estimate of drug-likeness (QED) is 0.353. The maximum atomic E-state index is 13.1. The van der Waals surface area contributed by atoms with Gasteiger partial charge in [-0.15, -0.1) is 0 Å². The Balaban J connectivity index is 1.41. The average molecular weight is 533 g/mol. The lowest BCUT2D eigenvalue weighted by molar-refractivity contribution is -0.135. The number of hydrogen-bond donors (Lipinski definition) is 0. The van der Waals surface area contributed by atoms with Crippen molar-refractivity contribution in [1.82, 2.24) is 14.4 Å². The molecule has 0 N–H and O–H groups in total. The van der Waals surface area contributed by atoms with Crippen LogP contribution in [0.25, 0.3) is 17.0 Å². The summed E-state index contributed by atoms with van der Waals surface area (Å²) >= 11 is 1.27. The zero-order valence-corrected chi connectivity index (χ0v) is 22.1. The number of aliphatic imine (C=N–C) groups is 1. The van der Waals surface area contributed by atoms with Crippen molar-refractivity contribution in [2.24, 2.45) is 4.99 Å². The van der Waals surface area contributed by atoms with E-state index in [1.807, 2.05) is 46.0 Å². The van der Waals surface area contributed by atoms with Gasteiger partial charge in [0.2, 0.25) is 5.91 Å². The highest BCUT2D eigenvalue weighted by Gasteiger charge is 2.31. The van der Waals surface area contributed by atoms with E-state index >= 15 is 0 Å². The van der Waals surface area contributed by atoms with Gasteiger partial charge in [-0.3, -0.25) is 14.5 Å². The van der Waals surface area contributed by atoms with Gasteiger partial charge in [0, 0.05) is 42.8 Å². The third-order valence-corrected chi connectivity index (χ3v) is 7.42. The lowest BCUT2D eigenvalue weighted by Gasteiger charge is -2.27. The van der Waals surface area contributed by atoms with Crippen molar-refractivity contribution in [2.45, 2.75) is 13.5 Å². The molecule has 2 saturated heterocycles. The minimum absolute atomic E-state index is 0.0405. The first-order chi connectivity index (χ1) is 18.4. The van der Waals surface area contributed by atoms with Gasteiger partial charge in [0.05, 0.1) is 36.0 Å². The van der Waals surface area contributed by atoms with Crippen molar-refractivity contribution in [3.05, 3.63) is 70.8 Å². The second kappa shape index (κ2) is 11.2. The number of fused-ring (bicyclic) bond motifs is 1. The Morgan fingerprint density at radius 3 is 2.71 bits per heavy atom.